The van der Waals surface area contributed by atoms with Crippen molar-refractivity contribution >= 4 is 70.3 Å². The molecule has 0 spiro atoms. The molecule has 0 radical (unpaired) electrons. The summed E-state index contributed by atoms with van der Waals surface area (Å²) in [6.45, 7) is 0. The predicted octanol–water partition coefficient (Wildman–Crippen LogP) is 0.563. The average Bonchev–Trinajstić information content (AvgIpc) is 2.98. The van der Waals surface area contributed by atoms with E-state index in [-0.39, 0.29) is 49.1 Å². The Hall–Kier alpha value is -1.58. The molecule has 130 valence electrons. The number of hydrogen-bond donors (Lipinski definition) is 3. The second-order valence-electron chi connectivity index (χ2n) is 4.41. The van der Waals surface area contributed by atoms with Crippen LogP contribution in [0.25, 0.3) is 0 Å². The van der Waals surface area contributed by atoms with E-state index in [0.717, 1.165) is 11.3 Å². The number of thiazole rings is 1. The monoisotopic (exact) mass is 567 g/mol. The van der Waals surface area contributed by atoms with Gasteiger partial charge in [0, 0.05) is 23.7 Å². The Bertz CT molecular complexity index is 792. The standard InChI is InChI=1S/C13H13N3O5S2.Bi.3H/c17-11(5-6-12(18)19)15-9-1-3-10(4-2-9)23(20,21)16-13-14-7-8-22-13;;;;/h1-4,7-8H,5-6H2,(H,14,16)(H,15,17)(H,18,19);;;;. The minimum absolute atomic E-state index is 0. The molecular weight excluding hydrogens is 551 g/mol. The maximum absolute atomic E-state index is 12.1. The van der Waals surface area contributed by atoms with Gasteiger partial charge >= 0.3 is 32.2 Å². The number of carboxylic acid groups (broad SMARTS) is 1. The van der Waals surface area contributed by atoms with Crippen LogP contribution < -0.4 is 10.0 Å². The van der Waals surface area contributed by atoms with Gasteiger partial charge in [-0.2, -0.15) is 0 Å². The zero-order chi connectivity index (χ0) is 16.9. The van der Waals surface area contributed by atoms with Gasteiger partial charge in [-0.25, -0.2) is 13.4 Å². The molecule has 0 saturated carbocycles. The molecule has 3 N–H and O–H groups in total. The van der Waals surface area contributed by atoms with Crippen LogP contribution in [0.1, 0.15) is 12.8 Å². The van der Waals surface area contributed by atoms with Crippen LogP contribution in [0.4, 0.5) is 10.8 Å². The molecule has 0 aliphatic rings. The molecule has 0 fully saturated rings. The van der Waals surface area contributed by atoms with E-state index in [1.807, 2.05) is 0 Å². The van der Waals surface area contributed by atoms with E-state index in [9.17, 15) is 18.0 Å². The van der Waals surface area contributed by atoms with E-state index < -0.39 is 21.9 Å². The van der Waals surface area contributed by atoms with E-state index >= 15 is 0 Å². The third kappa shape index (κ3) is 6.14. The number of aromatic nitrogens is 1. The summed E-state index contributed by atoms with van der Waals surface area (Å²) in [6, 6.07) is 5.52. The molecule has 8 nitrogen and oxygen atoms in total. The molecule has 0 aliphatic carbocycles. The number of nitrogens with one attached hydrogen (secondary N) is 2. The third-order valence-electron chi connectivity index (χ3n) is 2.67. The van der Waals surface area contributed by atoms with E-state index in [4.69, 9.17) is 5.11 Å². The molecule has 11 heteroatoms. The normalized spacial score (nSPS) is 10.5. The zero-order valence-electron chi connectivity index (χ0n) is 12.4. The van der Waals surface area contributed by atoms with Crippen molar-refractivity contribution in [1.82, 2.24) is 4.98 Å². The number of aliphatic carboxylic acids is 1. The molecule has 0 aliphatic heterocycles. The first kappa shape index (κ1) is 20.5. The summed E-state index contributed by atoms with van der Waals surface area (Å²) in [4.78, 5) is 25.7. The Morgan fingerprint density at radius 1 is 1.17 bits per heavy atom. The van der Waals surface area contributed by atoms with Gasteiger partial charge in [-0.3, -0.25) is 14.3 Å². The molecule has 2 rings (SSSR count). The second-order valence-corrected chi connectivity index (χ2v) is 6.99. The summed E-state index contributed by atoms with van der Waals surface area (Å²) in [6.07, 6.45) is 1.06. The molecule has 0 bridgehead atoms. The van der Waals surface area contributed by atoms with Crippen LogP contribution in [-0.2, 0) is 19.6 Å². The molecule has 0 unspecified atom stereocenters. The summed E-state index contributed by atoms with van der Waals surface area (Å²) in [5, 5.41) is 12.9. The van der Waals surface area contributed by atoms with E-state index in [2.05, 4.69) is 15.0 Å². The molecule has 1 aromatic carbocycles. The number of carbonyl (C=O) groups excluding carboxylic acids is 1. The summed E-state index contributed by atoms with van der Waals surface area (Å²) >= 11 is 1.16. The topological polar surface area (TPSA) is 125 Å². The molecule has 1 heterocycles. The van der Waals surface area contributed by atoms with E-state index in [1.165, 1.54) is 30.5 Å². The predicted molar refractivity (Wildman–Crippen MR) is 94.8 cm³/mol. The number of carboxylic acids is 1. The Labute approximate surface area is 161 Å². The molecule has 0 atom stereocenters. The van der Waals surface area contributed by atoms with Crippen molar-refractivity contribution < 1.29 is 23.1 Å². The van der Waals surface area contributed by atoms with Gasteiger partial charge < -0.3 is 10.4 Å². The van der Waals surface area contributed by atoms with Crippen molar-refractivity contribution in [2.75, 3.05) is 10.0 Å². The van der Waals surface area contributed by atoms with Gasteiger partial charge in [0.2, 0.25) is 5.91 Å². The van der Waals surface area contributed by atoms with Gasteiger partial charge in [0.25, 0.3) is 10.0 Å². The SMILES string of the molecule is O=C(O)CCC(=O)Nc1ccc(S(=O)(=O)Nc2nccs2)cc1.[BiH3]. The van der Waals surface area contributed by atoms with Crippen molar-refractivity contribution in [2.45, 2.75) is 17.7 Å². The van der Waals surface area contributed by atoms with Gasteiger partial charge in [-0.1, -0.05) is 0 Å². The van der Waals surface area contributed by atoms with Crippen molar-refractivity contribution in [2.24, 2.45) is 0 Å². The molecule has 2 aromatic rings. The number of benzene rings is 1. The van der Waals surface area contributed by atoms with Crippen molar-refractivity contribution in [3.05, 3.63) is 35.8 Å². The zero-order valence-corrected chi connectivity index (χ0v) is 19.6. The first-order valence-corrected chi connectivity index (χ1v) is 8.77. The van der Waals surface area contributed by atoms with Crippen molar-refractivity contribution in [1.29, 1.82) is 0 Å². The number of sulfonamides is 1. The fourth-order valence-corrected chi connectivity index (χ4v) is 3.40. The summed E-state index contributed by atoms with van der Waals surface area (Å²) in [5.41, 5.74) is 0.383. The quantitative estimate of drug-likeness (QED) is 0.421. The van der Waals surface area contributed by atoms with Crippen molar-refractivity contribution in [3.63, 3.8) is 0 Å². The summed E-state index contributed by atoms with van der Waals surface area (Å²) in [7, 11) is -3.74. The van der Waals surface area contributed by atoms with Gasteiger partial charge in [0.15, 0.2) is 5.13 Å². The number of amides is 1. The van der Waals surface area contributed by atoms with Gasteiger partial charge in [-0.15, -0.1) is 11.3 Å². The van der Waals surface area contributed by atoms with Crippen LogP contribution >= 0.6 is 11.3 Å². The fraction of sp³-hybridized carbons (Fsp3) is 0.154. The number of hydrogen-bond acceptors (Lipinski definition) is 6. The Balaban J connectivity index is 0.00000288. The molecule has 1 aromatic heterocycles. The number of anilines is 2. The van der Waals surface area contributed by atoms with Gasteiger partial charge in [0.05, 0.1) is 11.3 Å². The molecule has 0 saturated heterocycles. The fourth-order valence-electron chi connectivity index (χ4n) is 1.61. The average molecular weight is 567 g/mol. The second kappa shape index (κ2) is 9.05. The Kier molecular flexibility index (Phi) is 7.72. The Morgan fingerprint density at radius 3 is 2.38 bits per heavy atom. The summed E-state index contributed by atoms with van der Waals surface area (Å²) < 4.78 is 26.6. The van der Waals surface area contributed by atoms with Gasteiger partial charge in [-0.05, 0) is 24.3 Å². The van der Waals surface area contributed by atoms with Crippen LogP contribution in [0.5, 0.6) is 0 Å². The van der Waals surface area contributed by atoms with Crippen LogP contribution in [-0.4, -0.2) is 56.6 Å². The number of rotatable bonds is 7. The molecule has 24 heavy (non-hydrogen) atoms. The number of carbonyl (C=O) groups is 2. The van der Waals surface area contributed by atoms with Crippen LogP contribution in [0.15, 0.2) is 40.7 Å². The molecule has 1 amide bonds. The van der Waals surface area contributed by atoms with E-state index in [1.54, 1.807) is 5.38 Å². The first-order chi connectivity index (χ1) is 10.9. The molecular formula is C13H16BiN3O5S2. The number of nitrogens with zero attached hydrogens (tertiary/aromatic N) is 1. The van der Waals surface area contributed by atoms with Crippen LogP contribution in [0, 0.1) is 0 Å². The van der Waals surface area contributed by atoms with Gasteiger partial charge in [0.1, 0.15) is 0 Å². The first-order valence-electron chi connectivity index (χ1n) is 6.41. The maximum atomic E-state index is 12.1. The minimum atomic E-state index is -3.74. The van der Waals surface area contributed by atoms with Crippen LogP contribution in [0.2, 0.25) is 0 Å². The van der Waals surface area contributed by atoms with E-state index in [0.29, 0.717) is 5.69 Å². The Morgan fingerprint density at radius 2 is 1.83 bits per heavy atom. The third-order valence-corrected chi connectivity index (χ3v) is 4.84. The summed E-state index contributed by atoms with van der Waals surface area (Å²) in [5.74, 6) is -1.52. The van der Waals surface area contributed by atoms with Crippen molar-refractivity contribution in [3.8, 4) is 0 Å². The van der Waals surface area contributed by atoms with Crippen LogP contribution in [0.3, 0.4) is 0 Å².